The normalized spacial score (nSPS) is 12.5. The standard InChI is InChI=1S/C19H20ClN7O2/c1-11(24-19(28)14-8-23-27-4-3-17(20)25-18(14)27)9-29-10-12-5-15(21)13-7-22-26(2)16(13)6-12/h3-8,11H,9-10,21H2,1-2H3,(H,24,28)/t11-/m1/s1. The Morgan fingerprint density at radius 3 is 3.00 bits per heavy atom. The van der Waals surface area contributed by atoms with E-state index in [1.807, 2.05) is 26.1 Å². The highest BCUT2D eigenvalue weighted by Gasteiger charge is 2.16. The van der Waals surface area contributed by atoms with Crippen LogP contribution in [-0.2, 0) is 18.4 Å². The zero-order chi connectivity index (χ0) is 20.5. The van der Waals surface area contributed by atoms with E-state index in [1.54, 1.807) is 23.1 Å². The predicted octanol–water partition coefficient (Wildman–Crippen LogP) is 2.19. The van der Waals surface area contributed by atoms with Crippen LogP contribution in [0.4, 0.5) is 5.69 Å². The fourth-order valence-electron chi connectivity index (χ4n) is 3.12. The van der Waals surface area contributed by atoms with E-state index in [-0.39, 0.29) is 11.9 Å². The molecule has 0 radical (unpaired) electrons. The molecule has 4 aromatic rings. The van der Waals surface area contributed by atoms with E-state index >= 15 is 0 Å². The monoisotopic (exact) mass is 413 g/mol. The molecule has 150 valence electrons. The van der Waals surface area contributed by atoms with Crippen molar-refractivity contribution in [3.05, 3.63) is 53.1 Å². The number of aryl methyl sites for hydroxylation is 1. The minimum atomic E-state index is -0.286. The first-order chi connectivity index (χ1) is 13.9. The minimum Gasteiger partial charge on any atom is -0.398 e. The number of nitrogens with two attached hydrogens (primary N) is 1. The maximum atomic E-state index is 12.5. The summed E-state index contributed by atoms with van der Waals surface area (Å²) in [5.41, 5.74) is 9.40. The molecule has 1 atom stereocenters. The first-order valence-electron chi connectivity index (χ1n) is 9.01. The molecule has 1 aromatic carbocycles. The number of nitrogens with one attached hydrogen (secondary N) is 1. The molecule has 4 rings (SSSR count). The second-order valence-electron chi connectivity index (χ2n) is 6.85. The van der Waals surface area contributed by atoms with Crippen molar-refractivity contribution in [2.24, 2.45) is 7.05 Å². The van der Waals surface area contributed by atoms with Gasteiger partial charge in [0, 0.05) is 30.4 Å². The van der Waals surface area contributed by atoms with Gasteiger partial charge in [-0.3, -0.25) is 9.48 Å². The molecule has 0 aliphatic heterocycles. The highest BCUT2D eigenvalue weighted by molar-refractivity contribution is 6.29. The van der Waals surface area contributed by atoms with Crippen LogP contribution in [0.2, 0.25) is 5.15 Å². The van der Waals surface area contributed by atoms with Crippen LogP contribution >= 0.6 is 11.6 Å². The summed E-state index contributed by atoms with van der Waals surface area (Å²) in [7, 11) is 1.87. The average molecular weight is 414 g/mol. The molecule has 3 heterocycles. The number of carbonyl (C=O) groups excluding carboxylic acids is 1. The molecule has 0 spiro atoms. The number of nitrogen functional groups attached to an aromatic ring is 1. The van der Waals surface area contributed by atoms with E-state index in [2.05, 4.69) is 20.5 Å². The lowest BCUT2D eigenvalue weighted by Gasteiger charge is -2.14. The Morgan fingerprint density at radius 2 is 2.17 bits per heavy atom. The number of carbonyl (C=O) groups is 1. The predicted molar refractivity (Wildman–Crippen MR) is 110 cm³/mol. The summed E-state index contributed by atoms with van der Waals surface area (Å²) in [6.07, 6.45) is 4.86. The molecule has 1 amide bonds. The van der Waals surface area contributed by atoms with E-state index in [9.17, 15) is 4.79 Å². The Hall–Kier alpha value is -3.17. The molecule has 0 fully saturated rings. The molecule has 3 N–H and O–H groups in total. The number of rotatable bonds is 6. The summed E-state index contributed by atoms with van der Waals surface area (Å²) in [5.74, 6) is -0.286. The number of hydrogen-bond acceptors (Lipinski definition) is 6. The SMILES string of the molecule is C[C@H](COCc1cc(N)c2cnn(C)c2c1)NC(=O)c1cnn2ccc(Cl)nc12. The van der Waals surface area contributed by atoms with Gasteiger partial charge in [-0.1, -0.05) is 11.6 Å². The van der Waals surface area contributed by atoms with Crippen molar-refractivity contribution in [2.75, 3.05) is 12.3 Å². The van der Waals surface area contributed by atoms with Crippen molar-refractivity contribution in [3.8, 4) is 0 Å². The molecule has 9 nitrogen and oxygen atoms in total. The lowest BCUT2D eigenvalue weighted by Crippen LogP contribution is -2.35. The summed E-state index contributed by atoms with van der Waals surface area (Å²) < 4.78 is 9.04. The minimum absolute atomic E-state index is 0.214. The summed E-state index contributed by atoms with van der Waals surface area (Å²) >= 11 is 5.92. The zero-order valence-electron chi connectivity index (χ0n) is 16.0. The van der Waals surface area contributed by atoms with E-state index in [1.165, 1.54) is 10.7 Å². The Labute approximate surface area is 171 Å². The third kappa shape index (κ3) is 3.87. The number of benzene rings is 1. The smallest absolute Gasteiger partial charge is 0.257 e. The molecule has 3 aromatic heterocycles. The molecule has 0 saturated carbocycles. The lowest BCUT2D eigenvalue weighted by atomic mass is 10.1. The lowest BCUT2D eigenvalue weighted by molar-refractivity contribution is 0.0822. The molecule has 0 aliphatic carbocycles. The van der Waals surface area contributed by atoms with Crippen LogP contribution < -0.4 is 11.1 Å². The van der Waals surface area contributed by atoms with Crippen molar-refractivity contribution in [3.63, 3.8) is 0 Å². The van der Waals surface area contributed by atoms with Gasteiger partial charge in [0.2, 0.25) is 0 Å². The van der Waals surface area contributed by atoms with Crippen LogP contribution in [0.5, 0.6) is 0 Å². The Bertz CT molecular complexity index is 1200. The zero-order valence-corrected chi connectivity index (χ0v) is 16.7. The van der Waals surface area contributed by atoms with Crippen LogP contribution in [-0.4, -0.2) is 42.9 Å². The molecular weight excluding hydrogens is 394 g/mol. The second kappa shape index (κ2) is 7.69. The summed E-state index contributed by atoms with van der Waals surface area (Å²) in [6.45, 7) is 2.57. The van der Waals surface area contributed by atoms with Crippen LogP contribution in [0.25, 0.3) is 16.6 Å². The van der Waals surface area contributed by atoms with Gasteiger partial charge in [-0.05, 0) is 30.7 Å². The number of fused-ring (bicyclic) bond motifs is 2. The molecule has 0 bridgehead atoms. The molecule has 10 heteroatoms. The number of halogens is 1. The number of aromatic nitrogens is 5. The van der Waals surface area contributed by atoms with Gasteiger partial charge in [0.15, 0.2) is 5.65 Å². The van der Waals surface area contributed by atoms with Gasteiger partial charge in [0.1, 0.15) is 10.7 Å². The number of hydrogen-bond donors (Lipinski definition) is 2. The summed E-state index contributed by atoms with van der Waals surface area (Å²) in [4.78, 5) is 16.7. The Kier molecular flexibility index (Phi) is 5.08. The van der Waals surface area contributed by atoms with Gasteiger partial charge >= 0.3 is 0 Å². The van der Waals surface area contributed by atoms with Gasteiger partial charge < -0.3 is 15.8 Å². The van der Waals surface area contributed by atoms with Gasteiger partial charge in [0.25, 0.3) is 5.91 Å². The average Bonchev–Trinajstić information content (AvgIpc) is 3.25. The molecule has 0 aliphatic rings. The van der Waals surface area contributed by atoms with Crippen molar-refractivity contribution in [1.29, 1.82) is 0 Å². The number of ether oxygens (including phenoxy) is 1. The summed E-state index contributed by atoms with van der Waals surface area (Å²) in [6, 6.07) is 5.27. The van der Waals surface area contributed by atoms with Crippen molar-refractivity contribution in [2.45, 2.75) is 19.6 Å². The maximum Gasteiger partial charge on any atom is 0.257 e. The highest BCUT2D eigenvalue weighted by atomic mass is 35.5. The van der Waals surface area contributed by atoms with Crippen LogP contribution in [0.15, 0.2) is 36.8 Å². The van der Waals surface area contributed by atoms with Crippen molar-refractivity contribution >= 4 is 39.7 Å². The second-order valence-corrected chi connectivity index (χ2v) is 7.24. The number of amides is 1. The van der Waals surface area contributed by atoms with Crippen molar-refractivity contribution in [1.82, 2.24) is 29.7 Å². The summed E-state index contributed by atoms with van der Waals surface area (Å²) in [5, 5.41) is 12.4. The largest absolute Gasteiger partial charge is 0.398 e. The Balaban J connectivity index is 1.36. The fraction of sp³-hybridized carbons (Fsp3) is 0.263. The first kappa shape index (κ1) is 19.2. The van der Waals surface area contributed by atoms with Gasteiger partial charge in [-0.2, -0.15) is 10.2 Å². The van der Waals surface area contributed by atoms with Crippen LogP contribution in [0.3, 0.4) is 0 Å². The fourth-order valence-corrected chi connectivity index (χ4v) is 3.26. The quantitative estimate of drug-likeness (QED) is 0.370. The Morgan fingerprint density at radius 1 is 1.34 bits per heavy atom. The van der Waals surface area contributed by atoms with E-state index < -0.39 is 0 Å². The van der Waals surface area contributed by atoms with Crippen molar-refractivity contribution < 1.29 is 9.53 Å². The van der Waals surface area contributed by atoms with Crippen LogP contribution in [0, 0.1) is 0 Å². The van der Waals surface area contributed by atoms with Gasteiger partial charge in [-0.25, -0.2) is 9.50 Å². The molecule has 29 heavy (non-hydrogen) atoms. The third-order valence-corrected chi connectivity index (χ3v) is 4.76. The number of anilines is 1. The topological polar surface area (TPSA) is 112 Å². The first-order valence-corrected chi connectivity index (χ1v) is 9.39. The van der Waals surface area contributed by atoms with Crippen LogP contribution in [0.1, 0.15) is 22.8 Å². The third-order valence-electron chi connectivity index (χ3n) is 4.55. The van der Waals surface area contributed by atoms with E-state index in [4.69, 9.17) is 22.1 Å². The van der Waals surface area contributed by atoms with Gasteiger partial charge in [0.05, 0.1) is 31.1 Å². The number of nitrogens with zero attached hydrogens (tertiary/aromatic N) is 5. The molecule has 0 saturated heterocycles. The highest BCUT2D eigenvalue weighted by Crippen LogP contribution is 2.23. The molecule has 0 unspecified atom stereocenters. The molecular formula is C19H20ClN7O2. The maximum absolute atomic E-state index is 12.5. The van der Waals surface area contributed by atoms with E-state index in [0.717, 1.165) is 16.5 Å². The van der Waals surface area contributed by atoms with E-state index in [0.29, 0.717) is 35.3 Å². The van der Waals surface area contributed by atoms with Gasteiger partial charge in [-0.15, -0.1) is 0 Å².